The number of ether oxygens (including phenoxy) is 3. The maximum absolute atomic E-state index is 12.7. The molecule has 0 aliphatic rings. The van der Waals surface area contributed by atoms with Gasteiger partial charge in [0.2, 0.25) is 0 Å². The molecule has 0 radical (unpaired) electrons. The van der Waals surface area contributed by atoms with E-state index in [1.807, 2.05) is 36.5 Å². The Kier molecular flexibility index (Phi) is 41.1. The van der Waals surface area contributed by atoms with Crippen molar-refractivity contribution in [2.45, 2.75) is 207 Å². The van der Waals surface area contributed by atoms with Crippen LogP contribution in [0, 0.1) is 0 Å². The van der Waals surface area contributed by atoms with Crippen molar-refractivity contribution in [2.75, 3.05) is 13.2 Å². The highest BCUT2D eigenvalue weighted by Gasteiger charge is 2.19. The Balaban J connectivity index is 4.41. The van der Waals surface area contributed by atoms with Gasteiger partial charge in [-0.05, 0) is 57.8 Å². The Morgan fingerprint density at radius 3 is 1.24 bits per heavy atom. The standard InChI is InChI=1S/C49H82O6/c1-4-7-10-13-16-19-21-22-23-24-25-26-27-28-31-33-36-39-42-48(51)54-45-46(44-53-47(50)41-38-35-32-29-18-15-12-9-6-3)55-49(52)43-40-37-34-30-20-17-14-11-8-5-2/h10,13,16,19,21-26,29,32,46H,4-9,11-12,14-15,17-18,20,27-28,30-31,33-45H2,1-3H3/b13-10-,19-16-,22-21-,24-23-,26-25-,32-29-. The van der Waals surface area contributed by atoms with Gasteiger partial charge >= 0.3 is 17.9 Å². The summed E-state index contributed by atoms with van der Waals surface area (Å²) in [5.74, 6) is -0.963. The maximum Gasteiger partial charge on any atom is 0.306 e. The van der Waals surface area contributed by atoms with Crippen LogP contribution in [0.3, 0.4) is 0 Å². The van der Waals surface area contributed by atoms with Gasteiger partial charge in [-0.25, -0.2) is 0 Å². The molecule has 0 heterocycles. The molecule has 1 unspecified atom stereocenters. The van der Waals surface area contributed by atoms with E-state index in [0.717, 1.165) is 77.0 Å². The van der Waals surface area contributed by atoms with Crippen LogP contribution >= 0.6 is 0 Å². The fraction of sp³-hybridized carbons (Fsp3) is 0.694. The zero-order valence-corrected chi connectivity index (χ0v) is 35.7. The topological polar surface area (TPSA) is 78.9 Å². The third-order valence-corrected chi connectivity index (χ3v) is 9.29. The molecule has 314 valence electrons. The molecule has 55 heavy (non-hydrogen) atoms. The number of rotatable bonds is 39. The Hall–Kier alpha value is -3.15. The summed E-state index contributed by atoms with van der Waals surface area (Å²) in [6.07, 6.45) is 53.1. The van der Waals surface area contributed by atoms with Crippen LogP contribution in [-0.2, 0) is 28.6 Å². The molecule has 0 spiro atoms. The third kappa shape index (κ3) is 41.8. The van der Waals surface area contributed by atoms with Gasteiger partial charge in [-0.3, -0.25) is 14.4 Å². The second-order valence-corrected chi connectivity index (χ2v) is 14.7. The number of unbranched alkanes of at least 4 members (excludes halogenated alkanes) is 20. The molecule has 1 atom stereocenters. The molecule has 0 aliphatic carbocycles. The second-order valence-electron chi connectivity index (χ2n) is 14.7. The SMILES string of the molecule is CCC\C=C/C=C\C=C/C=C\C=C/CCCCCCCC(=O)OCC(COC(=O)CCC/C=C\CCCCCC)OC(=O)CCCCCCCCCCCC. The zero-order valence-electron chi connectivity index (χ0n) is 35.7. The van der Waals surface area contributed by atoms with Crippen LogP contribution in [0.25, 0.3) is 0 Å². The fourth-order valence-electron chi connectivity index (χ4n) is 5.89. The largest absolute Gasteiger partial charge is 0.462 e. The van der Waals surface area contributed by atoms with Crippen molar-refractivity contribution in [1.82, 2.24) is 0 Å². The van der Waals surface area contributed by atoms with Crippen molar-refractivity contribution >= 4 is 17.9 Å². The summed E-state index contributed by atoms with van der Waals surface area (Å²) >= 11 is 0. The Morgan fingerprint density at radius 1 is 0.364 bits per heavy atom. The Bertz CT molecular complexity index is 1070. The number of esters is 3. The molecule has 0 rings (SSSR count). The van der Waals surface area contributed by atoms with E-state index in [1.54, 1.807) is 0 Å². The number of hydrogen-bond acceptors (Lipinski definition) is 6. The van der Waals surface area contributed by atoms with E-state index in [-0.39, 0.29) is 31.1 Å². The molecule has 6 nitrogen and oxygen atoms in total. The first-order valence-corrected chi connectivity index (χ1v) is 22.5. The number of hydrogen-bond donors (Lipinski definition) is 0. The van der Waals surface area contributed by atoms with E-state index < -0.39 is 6.10 Å². The second kappa shape index (κ2) is 43.6. The van der Waals surface area contributed by atoms with Gasteiger partial charge in [-0.15, -0.1) is 0 Å². The molecule has 0 aliphatic heterocycles. The molecule has 0 saturated heterocycles. The fourth-order valence-corrected chi connectivity index (χ4v) is 5.89. The summed E-state index contributed by atoms with van der Waals surface area (Å²) < 4.78 is 16.6. The van der Waals surface area contributed by atoms with Crippen molar-refractivity contribution < 1.29 is 28.6 Å². The van der Waals surface area contributed by atoms with Crippen molar-refractivity contribution in [3.05, 3.63) is 72.9 Å². The third-order valence-electron chi connectivity index (χ3n) is 9.29. The van der Waals surface area contributed by atoms with Gasteiger partial charge in [0.1, 0.15) is 13.2 Å². The van der Waals surface area contributed by atoms with Crippen LogP contribution in [0.4, 0.5) is 0 Å². The first-order chi connectivity index (χ1) is 27.0. The van der Waals surface area contributed by atoms with Crippen molar-refractivity contribution in [3.63, 3.8) is 0 Å². The molecule has 0 aromatic rings. The van der Waals surface area contributed by atoms with Crippen molar-refractivity contribution in [2.24, 2.45) is 0 Å². The average Bonchev–Trinajstić information content (AvgIpc) is 3.18. The highest BCUT2D eigenvalue weighted by molar-refractivity contribution is 5.71. The minimum Gasteiger partial charge on any atom is -0.462 e. The van der Waals surface area contributed by atoms with Gasteiger partial charge in [0.25, 0.3) is 0 Å². The molecule has 0 amide bonds. The average molecular weight is 767 g/mol. The smallest absolute Gasteiger partial charge is 0.306 e. The summed E-state index contributed by atoms with van der Waals surface area (Å²) in [5.41, 5.74) is 0. The van der Waals surface area contributed by atoms with Crippen molar-refractivity contribution in [3.8, 4) is 0 Å². The number of carbonyl (C=O) groups excluding carboxylic acids is 3. The van der Waals surface area contributed by atoms with E-state index in [9.17, 15) is 14.4 Å². The van der Waals surface area contributed by atoms with Gasteiger partial charge in [0, 0.05) is 19.3 Å². The van der Waals surface area contributed by atoms with Gasteiger partial charge < -0.3 is 14.2 Å². The Labute approximate surface area is 338 Å². The minimum atomic E-state index is -0.792. The normalized spacial score (nSPS) is 12.7. The van der Waals surface area contributed by atoms with Crippen LogP contribution < -0.4 is 0 Å². The lowest BCUT2D eigenvalue weighted by Gasteiger charge is -2.18. The number of carbonyl (C=O) groups is 3. The highest BCUT2D eigenvalue weighted by Crippen LogP contribution is 2.13. The lowest BCUT2D eigenvalue weighted by Crippen LogP contribution is -2.30. The van der Waals surface area contributed by atoms with Crippen LogP contribution in [0.5, 0.6) is 0 Å². The van der Waals surface area contributed by atoms with Gasteiger partial charge in [0.05, 0.1) is 0 Å². The van der Waals surface area contributed by atoms with Crippen LogP contribution in [0.2, 0.25) is 0 Å². The van der Waals surface area contributed by atoms with E-state index in [1.165, 1.54) is 77.0 Å². The zero-order chi connectivity index (χ0) is 40.1. The predicted molar refractivity (Wildman–Crippen MR) is 233 cm³/mol. The molecule has 0 bridgehead atoms. The lowest BCUT2D eigenvalue weighted by molar-refractivity contribution is -0.167. The molecule has 0 saturated carbocycles. The summed E-state index contributed by atoms with van der Waals surface area (Å²) in [7, 11) is 0. The number of allylic oxidation sites excluding steroid dienone is 12. The monoisotopic (exact) mass is 767 g/mol. The van der Waals surface area contributed by atoms with Gasteiger partial charge in [0.15, 0.2) is 6.10 Å². The van der Waals surface area contributed by atoms with Gasteiger partial charge in [-0.1, -0.05) is 196 Å². The first kappa shape index (κ1) is 51.9. The van der Waals surface area contributed by atoms with E-state index in [2.05, 4.69) is 57.2 Å². The van der Waals surface area contributed by atoms with E-state index in [0.29, 0.717) is 25.7 Å². The summed E-state index contributed by atoms with van der Waals surface area (Å²) in [4.78, 5) is 37.6. The molecule has 0 aromatic carbocycles. The lowest BCUT2D eigenvalue weighted by atomic mass is 10.1. The molecule has 0 aromatic heterocycles. The van der Waals surface area contributed by atoms with Crippen LogP contribution in [0.1, 0.15) is 201 Å². The molecule has 6 heteroatoms. The van der Waals surface area contributed by atoms with Crippen molar-refractivity contribution in [1.29, 1.82) is 0 Å². The Morgan fingerprint density at radius 2 is 0.727 bits per heavy atom. The molecular formula is C49H82O6. The summed E-state index contributed by atoms with van der Waals surface area (Å²) in [5, 5.41) is 0. The summed E-state index contributed by atoms with van der Waals surface area (Å²) in [6.45, 7) is 6.43. The highest BCUT2D eigenvalue weighted by atomic mass is 16.6. The first-order valence-electron chi connectivity index (χ1n) is 22.5. The predicted octanol–water partition coefficient (Wildman–Crippen LogP) is 14.3. The summed E-state index contributed by atoms with van der Waals surface area (Å²) in [6, 6.07) is 0. The van der Waals surface area contributed by atoms with E-state index >= 15 is 0 Å². The molecule has 0 fully saturated rings. The quantitative estimate of drug-likeness (QED) is 0.0204. The minimum absolute atomic E-state index is 0.0969. The van der Waals surface area contributed by atoms with Crippen LogP contribution in [0.15, 0.2) is 72.9 Å². The maximum atomic E-state index is 12.7. The molecule has 0 N–H and O–H groups in total. The van der Waals surface area contributed by atoms with Crippen LogP contribution in [-0.4, -0.2) is 37.2 Å². The van der Waals surface area contributed by atoms with Gasteiger partial charge in [-0.2, -0.15) is 0 Å². The molecular weight excluding hydrogens is 685 g/mol. The van der Waals surface area contributed by atoms with E-state index in [4.69, 9.17) is 14.2 Å².